The summed E-state index contributed by atoms with van der Waals surface area (Å²) in [7, 11) is 3.00. The molecule has 0 rings (SSSR count). The van der Waals surface area contributed by atoms with Crippen molar-refractivity contribution in [2.75, 3.05) is 21.3 Å². The number of nitrogens with two attached hydrogens (primary N) is 1. The fourth-order valence-corrected chi connectivity index (χ4v) is 1.22. The zero-order valence-corrected chi connectivity index (χ0v) is 14.2. The van der Waals surface area contributed by atoms with Gasteiger partial charge in [-0.1, -0.05) is 51.9 Å². The van der Waals surface area contributed by atoms with Gasteiger partial charge in [-0.2, -0.15) is 6.42 Å². The molecule has 0 fully saturated rings. The maximum absolute atomic E-state index is 7.00. The molecule has 0 aromatic rings. The molecular weight excluding hydrogens is 266 g/mol. The number of unbranched alkanes of at least 4 members (excludes halogenated alkanes) is 7. The Morgan fingerprint density at radius 2 is 1.06 bits per heavy atom. The van der Waals surface area contributed by atoms with Crippen molar-refractivity contribution in [1.82, 2.24) is 0 Å². The van der Waals surface area contributed by atoms with Crippen LogP contribution in [0, 0.1) is 6.54 Å². The standard InChI is InChI=1S/C10H22N.3CH4O.Ti/c1-2-3-4-5-6-7-8-9-10-11;3*1-2;/h10H,2-9,11H2,1H3;3*2H,1H3;/q-1;;;;. The number of aliphatic hydroxyl groups excluding tert-OH is 3. The van der Waals surface area contributed by atoms with Gasteiger partial charge in [0.05, 0.1) is 0 Å². The van der Waals surface area contributed by atoms with Crippen molar-refractivity contribution in [2.24, 2.45) is 5.73 Å². The van der Waals surface area contributed by atoms with E-state index in [2.05, 4.69) is 6.92 Å². The van der Waals surface area contributed by atoms with Crippen molar-refractivity contribution in [1.29, 1.82) is 0 Å². The third-order valence-corrected chi connectivity index (χ3v) is 1.97. The molecule has 0 heterocycles. The molecule has 0 amide bonds. The molecule has 0 saturated heterocycles. The molecule has 0 aliphatic rings. The van der Waals surface area contributed by atoms with Gasteiger partial charge in [0.1, 0.15) is 0 Å². The molecule has 0 bridgehead atoms. The zero-order valence-electron chi connectivity index (χ0n) is 12.7. The molecule has 0 aliphatic carbocycles. The van der Waals surface area contributed by atoms with Gasteiger partial charge in [0.2, 0.25) is 0 Å². The van der Waals surface area contributed by atoms with Crippen molar-refractivity contribution in [3.63, 3.8) is 0 Å². The van der Waals surface area contributed by atoms with Crippen LogP contribution in [-0.4, -0.2) is 36.6 Å². The predicted molar refractivity (Wildman–Crippen MR) is 75.5 cm³/mol. The molecule has 0 unspecified atom stereocenters. The Morgan fingerprint density at radius 3 is 1.39 bits per heavy atom. The van der Waals surface area contributed by atoms with Gasteiger partial charge in [0.15, 0.2) is 0 Å². The second-order valence-corrected chi connectivity index (χ2v) is 3.15. The first-order chi connectivity index (χ1) is 8.41. The fourth-order valence-electron chi connectivity index (χ4n) is 1.22. The first-order valence-electron chi connectivity index (χ1n) is 6.29. The Balaban J connectivity index is -0.0000000700. The topological polar surface area (TPSA) is 86.7 Å². The minimum atomic E-state index is 0. The largest absolute Gasteiger partial charge is 0.483 e. The molecule has 5 heteroatoms. The summed E-state index contributed by atoms with van der Waals surface area (Å²) in [5.41, 5.74) is 5.27. The number of aliphatic hydroxyl groups is 3. The van der Waals surface area contributed by atoms with E-state index >= 15 is 0 Å². The van der Waals surface area contributed by atoms with Crippen molar-refractivity contribution < 1.29 is 37.0 Å². The Hall–Kier alpha value is 0.554. The Kier molecular flexibility index (Phi) is 91.1. The van der Waals surface area contributed by atoms with Gasteiger partial charge in [-0.3, -0.25) is 6.54 Å². The Morgan fingerprint density at radius 1 is 0.722 bits per heavy atom. The van der Waals surface area contributed by atoms with Gasteiger partial charge >= 0.3 is 0 Å². The van der Waals surface area contributed by atoms with E-state index in [1.54, 1.807) is 6.54 Å². The summed E-state index contributed by atoms with van der Waals surface area (Å²) in [5, 5.41) is 21.0. The molecule has 4 nitrogen and oxygen atoms in total. The predicted octanol–water partition coefficient (Wildman–Crippen LogP) is 2.07. The van der Waals surface area contributed by atoms with Crippen molar-refractivity contribution in [3.05, 3.63) is 6.54 Å². The van der Waals surface area contributed by atoms with Gasteiger partial charge in [0, 0.05) is 43.0 Å². The number of hydrogen-bond acceptors (Lipinski definition) is 4. The van der Waals surface area contributed by atoms with Crippen LogP contribution in [-0.2, 0) is 21.7 Å². The van der Waals surface area contributed by atoms with Gasteiger partial charge in [-0.15, -0.1) is 0 Å². The normalized spacial score (nSPS) is 7.33. The minimum absolute atomic E-state index is 0. The quantitative estimate of drug-likeness (QED) is 0.314. The summed E-state index contributed by atoms with van der Waals surface area (Å²) in [5.74, 6) is 0. The van der Waals surface area contributed by atoms with E-state index in [1.807, 2.05) is 0 Å². The smallest absolute Gasteiger partial charge is 0.0319 e. The maximum Gasteiger partial charge on any atom is 0.0319 e. The Labute approximate surface area is 129 Å². The average Bonchev–Trinajstić information content (AvgIpc) is 2.45. The van der Waals surface area contributed by atoms with E-state index in [-0.39, 0.29) is 21.7 Å². The SMILES string of the molecule is CCCCCCCCC[CH-]N.CO.CO.CO.[Ti]. The maximum atomic E-state index is 7.00. The van der Waals surface area contributed by atoms with E-state index < -0.39 is 0 Å². The summed E-state index contributed by atoms with van der Waals surface area (Å²) < 4.78 is 0. The van der Waals surface area contributed by atoms with E-state index in [0.29, 0.717) is 0 Å². The molecule has 0 radical (unpaired) electrons. The summed E-state index contributed by atoms with van der Waals surface area (Å²) in [6, 6.07) is 0. The van der Waals surface area contributed by atoms with Gasteiger partial charge in [-0.25, -0.2) is 0 Å². The molecule has 0 saturated carbocycles. The number of rotatable bonds is 8. The van der Waals surface area contributed by atoms with Gasteiger partial charge in [-0.05, 0) is 0 Å². The van der Waals surface area contributed by atoms with Gasteiger partial charge in [0.25, 0.3) is 0 Å². The van der Waals surface area contributed by atoms with Crippen LogP contribution in [0.15, 0.2) is 0 Å². The van der Waals surface area contributed by atoms with Crippen molar-refractivity contribution in [2.45, 2.75) is 58.3 Å². The molecule has 0 aromatic heterocycles. The van der Waals surface area contributed by atoms with E-state index in [4.69, 9.17) is 21.1 Å². The second-order valence-electron chi connectivity index (χ2n) is 3.15. The molecule has 0 atom stereocenters. The average molecular weight is 300 g/mol. The van der Waals surface area contributed by atoms with Crippen LogP contribution in [0.1, 0.15) is 58.3 Å². The molecule has 114 valence electrons. The number of hydrogen-bond donors (Lipinski definition) is 4. The third kappa shape index (κ3) is 54.7. The Bertz CT molecular complexity index is 71.3. The molecule has 0 aliphatic heterocycles. The molecule has 18 heavy (non-hydrogen) atoms. The van der Waals surface area contributed by atoms with Crippen molar-refractivity contribution >= 4 is 0 Å². The van der Waals surface area contributed by atoms with E-state index in [9.17, 15) is 0 Å². The minimum Gasteiger partial charge on any atom is -0.483 e. The van der Waals surface area contributed by atoms with Crippen LogP contribution < -0.4 is 5.73 Å². The van der Waals surface area contributed by atoms with Crippen LogP contribution in [0.25, 0.3) is 0 Å². The van der Waals surface area contributed by atoms with Gasteiger partial charge < -0.3 is 21.1 Å². The second kappa shape index (κ2) is 52.7. The molecule has 0 spiro atoms. The summed E-state index contributed by atoms with van der Waals surface area (Å²) in [6.07, 6.45) is 10.7. The summed E-state index contributed by atoms with van der Waals surface area (Å²) in [4.78, 5) is 0. The zero-order chi connectivity index (χ0) is 14.4. The summed E-state index contributed by atoms with van der Waals surface area (Å²) in [6.45, 7) is 4.02. The monoisotopic (exact) mass is 300 g/mol. The van der Waals surface area contributed by atoms with Crippen molar-refractivity contribution in [3.8, 4) is 0 Å². The molecule has 5 N–H and O–H groups in total. The molecule has 0 aromatic carbocycles. The molecular formula is C13H34NO3Ti-. The van der Waals surface area contributed by atoms with Crippen LogP contribution in [0.5, 0.6) is 0 Å². The van der Waals surface area contributed by atoms with Crippen LogP contribution >= 0.6 is 0 Å². The van der Waals surface area contributed by atoms with Crippen LogP contribution in [0.3, 0.4) is 0 Å². The van der Waals surface area contributed by atoms with Crippen LogP contribution in [0.4, 0.5) is 0 Å². The third-order valence-electron chi connectivity index (χ3n) is 1.97. The first kappa shape index (κ1) is 31.1. The fraction of sp³-hybridized carbons (Fsp3) is 0.923. The van der Waals surface area contributed by atoms with E-state index in [1.165, 1.54) is 44.9 Å². The first-order valence-corrected chi connectivity index (χ1v) is 6.29. The van der Waals surface area contributed by atoms with E-state index in [0.717, 1.165) is 27.8 Å². The summed E-state index contributed by atoms with van der Waals surface area (Å²) >= 11 is 0. The van der Waals surface area contributed by atoms with Crippen LogP contribution in [0.2, 0.25) is 0 Å².